The van der Waals surface area contributed by atoms with E-state index >= 15 is 0 Å². The molecule has 0 aliphatic heterocycles. The van der Waals surface area contributed by atoms with Crippen molar-refractivity contribution in [3.63, 3.8) is 0 Å². The number of hydrogen-bond acceptors (Lipinski definition) is 1. The van der Waals surface area contributed by atoms with Gasteiger partial charge in [-0.15, -0.1) is 0 Å². The molecule has 1 heteroatoms. The molecule has 0 unspecified atom stereocenters. The predicted octanol–water partition coefficient (Wildman–Crippen LogP) is 4.11. The Labute approximate surface area is 106 Å². The first-order valence-corrected chi connectivity index (χ1v) is 6.41. The van der Waals surface area contributed by atoms with Crippen LogP contribution in [0.1, 0.15) is 16.7 Å². The van der Waals surface area contributed by atoms with Crippen LogP contribution in [0.4, 0.5) is 0 Å². The molecule has 0 fully saturated rings. The fourth-order valence-corrected chi connectivity index (χ4v) is 3.29. The molecule has 0 atom stereocenters. The van der Waals surface area contributed by atoms with E-state index in [1.807, 2.05) is 6.92 Å². The summed E-state index contributed by atoms with van der Waals surface area (Å²) < 4.78 is 0. The van der Waals surface area contributed by atoms with Crippen LogP contribution in [0.3, 0.4) is 0 Å². The molecule has 88 valence electrons. The van der Waals surface area contributed by atoms with Crippen LogP contribution in [0.15, 0.2) is 36.4 Å². The number of aromatic hydroxyl groups is 1. The van der Waals surface area contributed by atoms with Crippen LogP contribution in [-0.4, -0.2) is 5.11 Å². The molecule has 0 saturated carbocycles. The highest BCUT2D eigenvalue weighted by Gasteiger charge is 2.18. The Balaban J connectivity index is 2.37. The average molecular weight is 234 g/mol. The van der Waals surface area contributed by atoms with Crippen LogP contribution in [-0.2, 0) is 12.8 Å². The SMILES string of the molecule is Cc1cc2ccc3cccc4c3c2c(c1O)CC4. The third-order valence-corrected chi connectivity index (χ3v) is 4.14. The minimum atomic E-state index is 0.490. The number of hydrogen-bond donors (Lipinski definition) is 1. The summed E-state index contributed by atoms with van der Waals surface area (Å²) in [6.07, 6.45) is 1.97. The predicted molar refractivity (Wildman–Crippen MR) is 75.3 cm³/mol. The van der Waals surface area contributed by atoms with Gasteiger partial charge >= 0.3 is 0 Å². The molecule has 1 aliphatic rings. The zero-order valence-electron chi connectivity index (χ0n) is 10.3. The van der Waals surface area contributed by atoms with Crippen molar-refractivity contribution in [1.29, 1.82) is 0 Å². The molecule has 0 amide bonds. The molecule has 3 aromatic rings. The van der Waals surface area contributed by atoms with Gasteiger partial charge in [-0.05, 0) is 58.5 Å². The lowest BCUT2D eigenvalue weighted by atomic mass is 9.85. The van der Waals surface area contributed by atoms with Crippen LogP contribution in [0.5, 0.6) is 5.75 Å². The van der Waals surface area contributed by atoms with Crippen LogP contribution >= 0.6 is 0 Å². The van der Waals surface area contributed by atoms with Crippen molar-refractivity contribution in [2.75, 3.05) is 0 Å². The summed E-state index contributed by atoms with van der Waals surface area (Å²) >= 11 is 0. The van der Waals surface area contributed by atoms with Gasteiger partial charge in [-0.2, -0.15) is 0 Å². The molecule has 0 bridgehead atoms. The summed E-state index contributed by atoms with van der Waals surface area (Å²) in [5, 5.41) is 15.4. The molecule has 18 heavy (non-hydrogen) atoms. The van der Waals surface area contributed by atoms with E-state index in [4.69, 9.17) is 0 Å². The first kappa shape index (κ1) is 9.95. The third kappa shape index (κ3) is 1.11. The van der Waals surface area contributed by atoms with Crippen LogP contribution in [0.25, 0.3) is 21.5 Å². The monoisotopic (exact) mass is 234 g/mol. The molecule has 1 aliphatic carbocycles. The molecule has 0 spiro atoms. The number of aryl methyl sites for hydroxylation is 3. The van der Waals surface area contributed by atoms with Crippen molar-refractivity contribution in [2.24, 2.45) is 0 Å². The minimum Gasteiger partial charge on any atom is -0.507 e. The first-order valence-electron chi connectivity index (χ1n) is 6.41. The third-order valence-electron chi connectivity index (χ3n) is 4.14. The highest BCUT2D eigenvalue weighted by molar-refractivity contribution is 6.12. The number of rotatable bonds is 0. The van der Waals surface area contributed by atoms with Gasteiger partial charge in [0.15, 0.2) is 0 Å². The maximum atomic E-state index is 10.3. The van der Waals surface area contributed by atoms with Gasteiger partial charge in [0.05, 0.1) is 0 Å². The van der Waals surface area contributed by atoms with Crippen molar-refractivity contribution in [2.45, 2.75) is 19.8 Å². The van der Waals surface area contributed by atoms with Crippen molar-refractivity contribution in [3.8, 4) is 5.75 Å². The van der Waals surface area contributed by atoms with Gasteiger partial charge in [-0.25, -0.2) is 0 Å². The van der Waals surface area contributed by atoms with Crippen molar-refractivity contribution in [3.05, 3.63) is 53.1 Å². The van der Waals surface area contributed by atoms with E-state index in [1.165, 1.54) is 27.1 Å². The normalized spacial score (nSPS) is 13.6. The second-order valence-electron chi connectivity index (χ2n) is 5.20. The fraction of sp³-hybridized carbons (Fsp3) is 0.176. The highest BCUT2D eigenvalue weighted by atomic mass is 16.3. The zero-order valence-corrected chi connectivity index (χ0v) is 10.3. The quantitative estimate of drug-likeness (QED) is 0.580. The van der Waals surface area contributed by atoms with Gasteiger partial charge < -0.3 is 5.11 Å². The maximum absolute atomic E-state index is 10.3. The molecule has 3 aromatic carbocycles. The fourth-order valence-electron chi connectivity index (χ4n) is 3.29. The lowest BCUT2D eigenvalue weighted by Gasteiger charge is -2.20. The lowest BCUT2D eigenvalue weighted by Crippen LogP contribution is -2.02. The average Bonchev–Trinajstić information content (AvgIpc) is 2.40. The van der Waals surface area contributed by atoms with Crippen LogP contribution in [0.2, 0.25) is 0 Å². The van der Waals surface area contributed by atoms with E-state index in [0.717, 1.165) is 24.0 Å². The Morgan fingerprint density at radius 2 is 1.78 bits per heavy atom. The first-order chi connectivity index (χ1) is 8.75. The molecule has 0 saturated heterocycles. The van der Waals surface area contributed by atoms with Crippen molar-refractivity contribution in [1.82, 2.24) is 0 Å². The van der Waals surface area contributed by atoms with Gasteiger partial charge in [0, 0.05) is 5.56 Å². The summed E-state index contributed by atoms with van der Waals surface area (Å²) in [7, 11) is 0. The smallest absolute Gasteiger partial charge is 0.122 e. The molecule has 1 nitrogen and oxygen atoms in total. The van der Waals surface area contributed by atoms with Crippen LogP contribution in [0, 0.1) is 6.92 Å². The number of benzene rings is 3. The standard InChI is InChI=1S/C17H14O/c1-10-9-13-6-5-11-3-2-4-12-7-8-14(17(10)18)16(13)15(11)12/h2-6,9,18H,7-8H2,1H3. The zero-order chi connectivity index (χ0) is 12.3. The summed E-state index contributed by atoms with van der Waals surface area (Å²) in [4.78, 5) is 0. The Morgan fingerprint density at radius 3 is 2.67 bits per heavy atom. The summed E-state index contributed by atoms with van der Waals surface area (Å²) in [6.45, 7) is 1.98. The molecular weight excluding hydrogens is 220 g/mol. The Bertz CT molecular complexity index is 800. The molecule has 4 rings (SSSR count). The topological polar surface area (TPSA) is 20.2 Å². The summed E-state index contributed by atoms with van der Waals surface area (Å²) in [6, 6.07) is 12.9. The summed E-state index contributed by atoms with van der Waals surface area (Å²) in [5.74, 6) is 0.490. The van der Waals surface area contributed by atoms with E-state index in [-0.39, 0.29) is 0 Å². The van der Waals surface area contributed by atoms with Gasteiger partial charge in [-0.1, -0.05) is 30.3 Å². The molecule has 1 N–H and O–H groups in total. The Hall–Kier alpha value is -2.02. The lowest BCUT2D eigenvalue weighted by molar-refractivity contribution is 0.465. The second-order valence-corrected chi connectivity index (χ2v) is 5.20. The second kappa shape index (κ2) is 3.26. The van der Waals surface area contributed by atoms with Gasteiger partial charge in [-0.3, -0.25) is 0 Å². The Kier molecular flexibility index (Phi) is 1.80. The van der Waals surface area contributed by atoms with Gasteiger partial charge in [0.2, 0.25) is 0 Å². The van der Waals surface area contributed by atoms with Crippen LogP contribution < -0.4 is 0 Å². The number of phenolic OH excluding ortho intramolecular Hbond substituents is 1. The van der Waals surface area contributed by atoms with Gasteiger partial charge in [0.1, 0.15) is 5.75 Å². The summed E-state index contributed by atoms with van der Waals surface area (Å²) in [5.41, 5.74) is 3.53. The number of phenols is 1. The van der Waals surface area contributed by atoms with E-state index in [9.17, 15) is 5.11 Å². The molecule has 0 aromatic heterocycles. The Morgan fingerprint density at radius 1 is 0.944 bits per heavy atom. The van der Waals surface area contributed by atoms with E-state index < -0.39 is 0 Å². The maximum Gasteiger partial charge on any atom is 0.122 e. The minimum absolute atomic E-state index is 0.490. The van der Waals surface area contributed by atoms with E-state index in [2.05, 4.69) is 36.4 Å². The largest absolute Gasteiger partial charge is 0.507 e. The molecule has 0 heterocycles. The molecule has 0 radical (unpaired) electrons. The van der Waals surface area contributed by atoms with Gasteiger partial charge in [0.25, 0.3) is 0 Å². The van der Waals surface area contributed by atoms with E-state index in [0.29, 0.717) is 5.75 Å². The highest BCUT2D eigenvalue weighted by Crippen LogP contribution is 2.40. The van der Waals surface area contributed by atoms with E-state index in [1.54, 1.807) is 0 Å². The van der Waals surface area contributed by atoms with Crippen molar-refractivity contribution < 1.29 is 5.11 Å². The van der Waals surface area contributed by atoms with Crippen molar-refractivity contribution >= 4 is 21.5 Å². The molecular formula is C17H14O.